The lowest BCUT2D eigenvalue weighted by molar-refractivity contribution is -0.173. The van der Waals surface area contributed by atoms with Crippen molar-refractivity contribution in [3.8, 4) is 0 Å². The molecule has 1 amide bonds. The number of carboxylic acid groups (broad SMARTS) is 1. The summed E-state index contributed by atoms with van der Waals surface area (Å²) < 4.78 is 5.14. The van der Waals surface area contributed by atoms with Crippen molar-refractivity contribution < 1.29 is 43.7 Å². The van der Waals surface area contributed by atoms with Gasteiger partial charge in [-0.15, -0.1) is 0 Å². The van der Waals surface area contributed by atoms with Gasteiger partial charge in [-0.25, -0.2) is 4.79 Å². The third-order valence-corrected chi connectivity index (χ3v) is 11.0. The Bertz CT molecular complexity index is 1180. The monoisotopic (exact) mass is 573 g/mol. The highest BCUT2D eigenvalue weighted by Crippen LogP contribution is 2.66. The molecular formula is C31H43NO9. The highest BCUT2D eigenvalue weighted by atomic mass is 16.5. The smallest absolute Gasteiger partial charge is 0.326 e. The van der Waals surface area contributed by atoms with Crippen LogP contribution in [0.15, 0.2) is 11.6 Å². The van der Waals surface area contributed by atoms with Gasteiger partial charge in [0, 0.05) is 30.6 Å². The summed E-state index contributed by atoms with van der Waals surface area (Å²) in [5.41, 5.74) is -2.13. The number of hydrogen-bond acceptors (Lipinski definition) is 8. The van der Waals surface area contributed by atoms with Gasteiger partial charge in [-0.3, -0.25) is 24.0 Å². The fourth-order valence-electron chi connectivity index (χ4n) is 8.33. The summed E-state index contributed by atoms with van der Waals surface area (Å²) in [5, 5.41) is 23.5. The molecule has 8 atom stereocenters. The first-order chi connectivity index (χ1) is 19.2. The van der Waals surface area contributed by atoms with Crippen molar-refractivity contribution in [2.75, 3.05) is 6.61 Å². The van der Waals surface area contributed by atoms with E-state index in [0.29, 0.717) is 25.7 Å². The fourth-order valence-corrected chi connectivity index (χ4v) is 8.33. The van der Waals surface area contributed by atoms with Crippen LogP contribution in [0.25, 0.3) is 0 Å². The molecule has 0 heterocycles. The second kappa shape index (κ2) is 11.4. The van der Waals surface area contributed by atoms with Crippen molar-refractivity contribution in [3.05, 3.63) is 11.6 Å². The van der Waals surface area contributed by atoms with E-state index in [4.69, 9.17) is 4.74 Å². The van der Waals surface area contributed by atoms with Gasteiger partial charge in [0.15, 0.2) is 12.4 Å². The van der Waals surface area contributed by atoms with Gasteiger partial charge in [0.1, 0.15) is 17.4 Å². The molecule has 0 bridgehead atoms. The molecular weight excluding hydrogens is 530 g/mol. The van der Waals surface area contributed by atoms with Crippen LogP contribution in [0, 0.1) is 34.5 Å². The predicted molar refractivity (Wildman–Crippen MR) is 146 cm³/mol. The molecule has 0 aromatic carbocycles. The van der Waals surface area contributed by atoms with E-state index in [1.54, 1.807) is 19.9 Å². The number of aliphatic hydroxyl groups is 1. The molecule has 3 saturated carbocycles. The Morgan fingerprint density at radius 2 is 1.80 bits per heavy atom. The molecule has 10 heteroatoms. The summed E-state index contributed by atoms with van der Waals surface area (Å²) in [6.07, 6.45) is 4.96. The maximum Gasteiger partial charge on any atom is 0.326 e. The van der Waals surface area contributed by atoms with Crippen molar-refractivity contribution in [3.63, 3.8) is 0 Å². The van der Waals surface area contributed by atoms with Gasteiger partial charge in [-0.2, -0.15) is 0 Å². The molecule has 4 aliphatic rings. The predicted octanol–water partition coefficient (Wildman–Crippen LogP) is 2.94. The highest BCUT2D eigenvalue weighted by Gasteiger charge is 2.68. The van der Waals surface area contributed by atoms with Gasteiger partial charge in [-0.1, -0.05) is 39.7 Å². The molecule has 0 aliphatic heterocycles. The van der Waals surface area contributed by atoms with E-state index >= 15 is 0 Å². The summed E-state index contributed by atoms with van der Waals surface area (Å²) in [5.74, 6) is -3.68. The number of ketones is 3. The Morgan fingerprint density at radius 3 is 2.46 bits per heavy atom. The lowest BCUT2D eigenvalue weighted by Crippen LogP contribution is -2.61. The molecule has 0 aromatic heterocycles. The topological polar surface area (TPSA) is 164 Å². The number of carboxylic acids is 1. The SMILES string of the molecule is CC[C@H](C)[C@H](NC(=O)CCC(=O)OCC(=O)[C@@]1(O)CC[C@@H]2[C@@H]3CCC4=CC(=O)CC[C@]4(C)[C@@H]3C(=O)C[C@@]21C)C(=O)O. The summed E-state index contributed by atoms with van der Waals surface area (Å²) in [6, 6.07) is -1.07. The number of carbonyl (C=O) groups is 6. The third-order valence-electron chi connectivity index (χ3n) is 11.0. The first kappa shape index (κ1) is 31.1. The van der Waals surface area contributed by atoms with E-state index in [-0.39, 0.29) is 66.3 Å². The minimum absolute atomic E-state index is 0.00421. The van der Waals surface area contributed by atoms with E-state index in [1.807, 2.05) is 6.92 Å². The Kier molecular flexibility index (Phi) is 8.65. The van der Waals surface area contributed by atoms with Crippen LogP contribution in [0.4, 0.5) is 0 Å². The average Bonchev–Trinajstić information content (AvgIpc) is 3.19. The number of nitrogens with one attached hydrogen (secondary N) is 1. The van der Waals surface area contributed by atoms with Crippen LogP contribution in [0.3, 0.4) is 0 Å². The van der Waals surface area contributed by atoms with Crippen molar-refractivity contribution in [1.29, 1.82) is 0 Å². The van der Waals surface area contributed by atoms with E-state index < -0.39 is 47.3 Å². The number of esters is 1. The fraction of sp³-hybridized carbons (Fsp3) is 0.742. The second-order valence-electron chi connectivity index (χ2n) is 13.2. The van der Waals surface area contributed by atoms with Gasteiger partial charge < -0.3 is 20.3 Å². The van der Waals surface area contributed by atoms with Gasteiger partial charge >= 0.3 is 11.9 Å². The first-order valence-corrected chi connectivity index (χ1v) is 14.9. The van der Waals surface area contributed by atoms with E-state index in [1.165, 1.54) is 0 Å². The molecule has 10 nitrogen and oxygen atoms in total. The molecule has 0 saturated heterocycles. The highest BCUT2D eigenvalue weighted by molar-refractivity contribution is 5.95. The van der Waals surface area contributed by atoms with Crippen LogP contribution in [0.1, 0.15) is 91.9 Å². The number of allylic oxidation sites excluding steroid dienone is 1. The standard InChI is InChI=1S/C31H43NO9/c1-5-17(2)27(28(38)39)32-24(36)8-9-25(37)41-16-23(35)31(40)13-11-21-20-7-6-18-14-19(33)10-12-29(18,3)26(20)22(34)15-30(21,31)4/h14,17,20-21,26-27,40H,5-13,15-16H2,1-4H3,(H,32,36)(H,38,39)/t17-,20-,21+,26-,27-,29-,30-,31-/m0/s1. The Morgan fingerprint density at radius 1 is 1.10 bits per heavy atom. The molecule has 3 fully saturated rings. The number of fused-ring (bicyclic) bond motifs is 5. The zero-order valence-corrected chi connectivity index (χ0v) is 24.5. The molecule has 0 unspecified atom stereocenters. The largest absolute Gasteiger partial charge is 0.480 e. The van der Waals surface area contributed by atoms with E-state index in [2.05, 4.69) is 12.2 Å². The quantitative estimate of drug-likeness (QED) is 0.333. The number of rotatable bonds is 10. The van der Waals surface area contributed by atoms with Crippen LogP contribution < -0.4 is 5.32 Å². The van der Waals surface area contributed by atoms with Crippen LogP contribution in [-0.2, 0) is 33.5 Å². The minimum atomic E-state index is -1.82. The average molecular weight is 574 g/mol. The summed E-state index contributed by atoms with van der Waals surface area (Å²) in [4.78, 5) is 75.1. The van der Waals surface area contributed by atoms with Crippen LogP contribution in [0.5, 0.6) is 0 Å². The summed E-state index contributed by atoms with van der Waals surface area (Å²) >= 11 is 0. The molecule has 41 heavy (non-hydrogen) atoms. The number of hydrogen-bond donors (Lipinski definition) is 3. The van der Waals surface area contributed by atoms with Crippen molar-refractivity contribution >= 4 is 35.2 Å². The Balaban J connectivity index is 1.37. The Labute approximate surface area is 240 Å². The number of Topliss-reactive ketones (excluding diaryl/α,β-unsaturated/α-hetero) is 2. The lowest BCUT2D eigenvalue weighted by atomic mass is 9.46. The lowest BCUT2D eigenvalue weighted by Gasteiger charge is -2.57. The van der Waals surface area contributed by atoms with Crippen LogP contribution in [-0.4, -0.2) is 63.7 Å². The molecule has 4 aliphatic carbocycles. The number of aliphatic carboxylic acids is 1. The van der Waals surface area contributed by atoms with Gasteiger partial charge in [-0.05, 0) is 61.3 Å². The molecule has 226 valence electrons. The molecule has 4 rings (SSSR count). The number of ether oxygens (including phenoxy) is 1. The van der Waals surface area contributed by atoms with Gasteiger partial charge in [0.25, 0.3) is 0 Å². The maximum absolute atomic E-state index is 13.7. The zero-order valence-electron chi connectivity index (χ0n) is 24.5. The number of carbonyl (C=O) groups excluding carboxylic acids is 5. The van der Waals surface area contributed by atoms with Crippen molar-refractivity contribution in [2.45, 2.75) is 104 Å². The van der Waals surface area contributed by atoms with Crippen LogP contribution >= 0.6 is 0 Å². The van der Waals surface area contributed by atoms with Crippen molar-refractivity contribution in [2.24, 2.45) is 34.5 Å². The normalized spacial score (nSPS) is 35.7. The van der Waals surface area contributed by atoms with Gasteiger partial charge in [0.2, 0.25) is 11.7 Å². The van der Waals surface area contributed by atoms with Gasteiger partial charge in [0.05, 0.1) is 6.42 Å². The number of amides is 1. The van der Waals surface area contributed by atoms with E-state index in [0.717, 1.165) is 18.4 Å². The molecule has 0 spiro atoms. The maximum atomic E-state index is 13.7. The van der Waals surface area contributed by atoms with Crippen LogP contribution in [0.2, 0.25) is 0 Å². The summed E-state index contributed by atoms with van der Waals surface area (Å²) in [6.45, 7) is 6.74. The second-order valence-corrected chi connectivity index (χ2v) is 13.2. The van der Waals surface area contributed by atoms with E-state index in [9.17, 15) is 39.0 Å². The summed E-state index contributed by atoms with van der Waals surface area (Å²) in [7, 11) is 0. The molecule has 0 radical (unpaired) electrons. The molecule has 0 aromatic rings. The molecule has 3 N–H and O–H groups in total. The first-order valence-electron chi connectivity index (χ1n) is 14.9. The van der Waals surface area contributed by atoms with Crippen molar-refractivity contribution in [1.82, 2.24) is 5.32 Å². The minimum Gasteiger partial charge on any atom is -0.480 e. The Hall–Kier alpha value is -2.88. The third kappa shape index (κ3) is 5.40. The zero-order chi connectivity index (χ0) is 30.3.